The molecule has 2 aromatic carbocycles. The van der Waals surface area contributed by atoms with Gasteiger partial charge < -0.3 is 15.7 Å². The third kappa shape index (κ3) is 5.23. The molecule has 23 heavy (non-hydrogen) atoms. The van der Waals surface area contributed by atoms with Gasteiger partial charge in [-0.05, 0) is 36.2 Å². The van der Waals surface area contributed by atoms with Crippen LogP contribution in [0.2, 0.25) is 0 Å². The van der Waals surface area contributed by atoms with Gasteiger partial charge in [-0.3, -0.25) is 9.59 Å². The number of hydrogen-bond donors (Lipinski definition) is 3. The number of rotatable bonds is 7. The summed E-state index contributed by atoms with van der Waals surface area (Å²) < 4.78 is 0. The Hall–Kier alpha value is -2.66. The van der Waals surface area contributed by atoms with E-state index in [-0.39, 0.29) is 18.4 Å². The van der Waals surface area contributed by atoms with E-state index in [4.69, 9.17) is 5.11 Å². The molecule has 0 atom stereocenters. The van der Waals surface area contributed by atoms with Crippen LogP contribution in [0.15, 0.2) is 54.6 Å². The summed E-state index contributed by atoms with van der Waals surface area (Å²) in [5, 5.41) is 14.2. The van der Waals surface area contributed by atoms with Gasteiger partial charge in [0.25, 0.3) is 11.8 Å². The van der Waals surface area contributed by atoms with Crippen molar-refractivity contribution in [3.05, 3.63) is 71.3 Å². The van der Waals surface area contributed by atoms with Gasteiger partial charge in [0.15, 0.2) is 0 Å². The topological polar surface area (TPSA) is 78.4 Å². The fraction of sp³-hybridized carbons (Fsp3) is 0.222. The minimum Gasteiger partial charge on any atom is -0.396 e. The summed E-state index contributed by atoms with van der Waals surface area (Å²) in [6, 6.07) is 16.1. The molecule has 0 aliphatic heterocycles. The van der Waals surface area contributed by atoms with E-state index in [0.717, 1.165) is 5.56 Å². The fourth-order valence-corrected chi connectivity index (χ4v) is 2.03. The molecule has 0 saturated carbocycles. The van der Waals surface area contributed by atoms with Crippen LogP contribution in [0.5, 0.6) is 0 Å². The lowest BCUT2D eigenvalue weighted by molar-refractivity contribution is 0.0941. The van der Waals surface area contributed by atoms with Crippen LogP contribution in [0.4, 0.5) is 0 Å². The first-order valence-corrected chi connectivity index (χ1v) is 7.52. The summed E-state index contributed by atoms with van der Waals surface area (Å²) in [5.74, 6) is -0.297. The molecule has 0 fully saturated rings. The zero-order chi connectivity index (χ0) is 16.5. The van der Waals surface area contributed by atoms with Crippen LogP contribution in [-0.4, -0.2) is 30.1 Å². The number of amides is 2. The lowest BCUT2D eigenvalue weighted by Gasteiger charge is -2.07. The minimum atomic E-state index is -0.168. The molecule has 0 radical (unpaired) electrons. The van der Waals surface area contributed by atoms with Gasteiger partial charge in [0, 0.05) is 30.8 Å². The Morgan fingerprint density at radius 2 is 1.43 bits per heavy atom. The Balaban J connectivity index is 1.85. The molecular formula is C18H20N2O3. The molecule has 0 aromatic heterocycles. The molecule has 2 amide bonds. The molecule has 2 rings (SSSR count). The van der Waals surface area contributed by atoms with E-state index in [1.54, 1.807) is 24.3 Å². The van der Waals surface area contributed by atoms with E-state index in [1.165, 1.54) is 0 Å². The second kappa shape index (κ2) is 8.70. The first kappa shape index (κ1) is 16.7. The van der Waals surface area contributed by atoms with Crippen molar-refractivity contribution in [2.45, 2.75) is 13.0 Å². The summed E-state index contributed by atoms with van der Waals surface area (Å²) in [6.07, 6.45) is 0.537. The Labute approximate surface area is 135 Å². The second-order valence-corrected chi connectivity index (χ2v) is 5.08. The molecule has 0 spiro atoms. The van der Waals surface area contributed by atoms with Gasteiger partial charge in [-0.25, -0.2) is 0 Å². The predicted molar refractivity (Wildman–Crippen MR) is 88.1 cm³/mol. The van der Waals surface area contributed by atoms with Crippen LogP contribution >= 0.6 is 0 Å². The summed E-state index contributed by atoms with van der Waals surface area (Å²) >= 11 is 0. The Kier molecular flexibility index (Phi) is 6.32. The van der Waals surface area contributed by atoms with Crippen molar-refractivity contribution in [1.82, 2.24) is 10.6 Å². The van der Waals surface area contributed by atoms with Crippen LogP contribution in [0.1, 0.15) is 32.7 Å². The van der Waals surface area contributed by atoms with Gasteiger partial charge in [0.1, 0.15) is 0 Å². The van der Waals surface area contributed by atoms with Crippen LogP contribution in [-0.2, 0) is 6.54 Å². The zero-order valence-corrected chi connectivity index (χ0v) is 12.8. The van der Waals surface area contributed by atoms with E-state index in [1.807, 2.05) is 30.3 Å². The third-order valence-corrected chi connectivity index (χ3v) is 3.33. The molecule has 0 aliphatic carbocycles. The van der Waals surface area contributed by atoms with Gasteiger partial charge in [0.05, 0.1) is 0 Å². The highest BCUT2D eigenvalue weighted by Crippen LogP contribution is 2.05. The van der Waals surface area contributed by atoms with E-state index < -0.39 is 0 Å². The number of aliphatic hydroxyl groups excluding tert-OH is 1. The maximum absolute atomic E-state index is 11.9. The van der Waals surface area contributed by atoms with Crippen molar-refractivity contribution >= 4 is 11.8 Å². The van der Waals surface area contributed by atoms with Crippen molar-refractivity contribution in [2.24, 2.45) is 0 Å². The van der Waals surface area contributed by atoms with Gasteiger partial charge >= 0.3 is 0 Å². The van der Waals surface area contributed by atoms with Gasteiger partial charge in [0.2, 0.25) is 0 Å². The molecular weight excluding hydrogens is 292 g/mol. The molecule has 120 valence electrons. The average Bonchev–Trinajstić information content (AvgIpc) is 2.61. The molecule has 5 heteroatoms. The van der Waals surface area contributed by atoms with Crippen LogP contribution in [0.25, 0.3) is 0 Å². The lowest BCUT2D eigenvalue weighted by Crippen LogP contribution is -2.25. The number of carbonyl (C=O) groups is 2. The molecule has 0 aliphatic rings. The Morgan fingerprint density at radius 1 is 0.826 bits per heavy atom. The van der Waals surface area contributed by atoms with Crippen molar-refractivity contribution in [3.8, 4) is 0 Å². The van der Waals surface area contributed by atoms with Crippen molar-refractivity contribution in [3.63, 3.8) is 0 Å². The van der Waals surface area contributed by atoms with Crippen molar-refractivity contribution in [1.29, 1.82) is 0 Å². The number of benzene rings is 2. The Bertz CT molecular complexity index is 639. The molecule has 0 unspecified atom stereocenters. The van der Waals surface area contributed by atoms with Gasteiger partial charge in [-0.15, -0.1) is 0 Å². The number of carbonyl (C=O) groups excluding carboxylic acids is 2. The molecule has 0 saturated heterocycles. The van der Waals surface area contributed by atoms with Crippen molar-refractivity contribution < 1.29 is 14.7 Å². The number of hydrogen-bond acceptors (Lipinski definition) is 3. The summed E-state index contributed by atoms with van der Waals surface area (Å²) in [6.45, 7) is 0.907. The third-order valence-electron chi connectivity index (χ3n) is 3.33. The van der Waals surface area contributed by atoms with Gasteiger partial charge in [-0.2, -0.15) is 0 Å². The van der Waals surface area contributed by atoms with Gasteiger partial charge in [-0.1, -0.05) is 30.3 Å². The smallest absolute Gasteiger partial charge is 0.251 e. The lowest BCUT2D eigenvalue weighted by atomic mass is 10.1. The maximum atomic E-state index is 11.9. The fourth-order valence-electron chi connectivity index (χ4n) is 2.03. The van der Waals surface area contributed by atoms with Crippen LogP contribution < -0.4 is 10.6 Å². The molecule has 0 heterocycles. The Morgan fingerprint density at radius 3 is 2.09 bits per heavy atom. The summed E-state index contributed by atoms with van der Waals surface area (Å²) in [4.78, 5) is 23.8. The van der Waals surface area contributed by atoms with Crippen LogP contribution in [0, 0.1) is 0 Å². The maximum Gasteiger partial charge on any atom is 0.251 e. The van der Waals surface area contributed by atoms with E-state index >= 15 is 0 Å². The normalized spacial score (nSPS) is 10.1. The summed E-state index contributed by atoms with van der Waals surface area (Å²) in [5.41, 5.74) is 2.09. The van der Waals surface area contributed by atoms with E-state index in [2.05, 4.69) is 10.6 Å². The largest absolute Gasteiger partial charge is 0.396 e. The molecule has 0 bridgehead atoms. The standard InChI is InChI=1S/C18H20N2O3/c21-12-4-11-19-17(22)16-9-7-14(8-10-16)13-20-18(23)15-5-2-1-3-6-15/h1-3,5-10,21H,4,11-13H2,(H,19,22)(H,20,23). The highest BCUT2D eigenvalue weighted by Gasteiger charge is 2.06. The second-order valence-electron chi connectivity index (χ2n) is 5.08. The number of nitrogens with one attached hydrogen (secondary N) is 2. The first-order valence-electron chi connectivity index (χ1n) is 7.52. The van der Waals surface area contributed by atoms with Crippen LogP contribution in [0.3, 0.4) is 0 Å². The average molecular weight is 312 g/mol. The first-order chi connectivity index (χ1) is 11.2. The predicted octanol–water partition coefficient (Wildman–Crippen LogP) is 1.73. The van der Waals surface area contributed by atoms with E-state index in [9.17, 15) is 9.59 Å². The zero-order valence-electron chi connectivity index (χ0n) is 12.8. The highest BCUT2D eigenvalue weighted by molar-refractivity contribution is 5.94. The SMILES string of the molecule is O=C(NCCCO)c1ccc(CNC(=O)c2ccccc2)cc1. The van der Waals surface area contributed by atoms with E-state index in [0.29, 0.717) is 30.6 Å². The quantitative estimate of drug-likeness (QED) is 0.681. The monoisotopic (exact) mass is 312 g/mol. The molecule has 2 aromatic rings. The summed E-state index contributed by atoms with van der Waals surface area (Å²) in [7, 11) is 0. The highest BCUT2D eigenvalue weighted by atomic mass is 16.3. The molecule has 5 nitrogen and oxygen atoms in total. The molecule has 3 N–H and O–H groups in total. The van der Waals surface area contributed by atoms with Crippen molar-refractivity contribution in [2.75, 3.05) is 13.2 Å². The number of aliphatic hydroxyl groups is 1. The minimum absolute atomic E-state index is 0.0559.